The molecule has 4 heteroatoms. The molecule has 1 unspecified atom stereocenters. The molecule has 0 aliphatic heterocycles. The summed E-state index contributed by atoms with van der Waals surface area (Å²) in [6.07, 6.45) is 7.52. The maximum atomic E-state index is 11.8. The highest BCUT2D eigenvalue weighted by atomic mass is 16.2. The molecule has 22 heavy (non-hydrogen) atoms. The largest absolute Gasteiger partial charge is 0.361 e. The number of aromatic amines is 1. The third-order valence-electron chi connectivity index (χ3n) is 3.97. The van der Waals surface area contributed by atoms with Crippen LogP contribution in [0, 0.1) is 0 Å². The molecule has 0 fully saturated rings. The number of benzene rings is 1. The van der Waals surface area contributed by atoms with Crippen LogP contribution in [-0.4, -0.2) is 23.6 Å². The van der Waals surface area contributed by atoms with Crippen molar-refractivity contribution >= 4 is 16.9 Å². The predicted molar refractivity (Wildman–Crippen MR) is 92.1 cm³/mol. The predicted octanol–water partition coefficient (Wildman–Crippen LogP) is 3.98. The van der Waals surface area contributed by atoms with Crippen LogP contribution in [-0.2, 0) is 6.42 Å². The van der Waals surface area contributed by atoms with Gasteiger partial charge in [-0.25, -0.2) is 4.79 Å². The Bertz CT molecular complexity index is 591. The van der Waals surface area contributed by atoms with Crippen molar-refractivity contribution in [3.8, 4) is 0 Å². The third-order valence-corrected chi connectivity index (χ3v) is 3.97. The van der Waals surface area contributed by atoms with Gasteiger partial charge in [0.25, 0.3) is 0 Å². The fourth-order valence-corrected chi connectivity index (χ4v) is 2.70. The number of unbranched alkanes of at least 4 members (excludes halogenated alkanes) is 2. The van der Waals surface area contributed by atoms with E-state index in [0.717, 1.165) is 18.4 Å². The second-order valence-electron chi connectivity index (χ2n) is 5.91. The zero-order chi connectivity index (χ0) is 15.8. The summed E-state index contributed by atoms with van der Waals surface area (Å²) in [7, 11) is 0. The first-order valence-electron chi connectivity index (χ1n) is 8.30. The Morgan fingerprint density at radius 1 is 1.27 bits per heavy atom. The summed E-state index contributed by atoms with van der Waals surface area (Å²) < 4.78 is 0. The fraction of sp³-hybridized carbons (Fsp3) is 0.500. The van der Waals surface area contributed by atoms with Crippen LogP contribution in [0.3, 0.4) is 0 Å². The smallest absolute Gasteiger partial charge is 0.315 e. The van der Waals surface area contributed by atoms with Gasteiger partial charge in [0, 0.05) is 29.7 Å². The SMILES string of the molecule is CCCCCC(C)NC(=O)NCCc1c[nH]c2ccccc12. The van der Waals surface area contributed by atoms with Gasteiger partial charge in [-0.05, 0) is 31.4 Å². The number of urea groups is 1. The van der Waals surface area contributed by atoms with Crippen molar-refractivity contribution in [2.75, 3.05) is 6.54 Å². The summed E-state index contributed by atoms with van der Waals surface area (Å²) >= 11 is 0. The van der Waals surface area contributed by atoms with Gasteiger partial charge in [-0.3, -0.25) is 0 Å². The van der Waals surface area contributed by atoms with E-state index in [1.54, 1.807) is 0 Å². The van der Waals surface area contributed by atoms with E-state index in [1.165, 1.54) is 30.2 Å². The van der Waals surface area contributed by atoms with E-state index in [9.17, 15) is 4.79 Å². The standard InChI is InChI=1S/C18H27N3O/c1-3-4-5-8-14(2)21-18(22)19-12-11-15-13-20-17-10-7-6-9-16(15)17/h6-7,9-10,13-14,20H,3-5,8,11-12H2,1-2H3,(H2,19,21,22). The van der Waals surface area contributed by atoms with E-state index in [0.29, 0.717) is 6.54 Å². The number of amides is 2. The minimum Gasteiger partial charge on any atom is -0.361 e. The number of carbonyl (C=O) groups is 1. The molecule has 1 aromatic carbocycles. The first-order chi connectivity index (χ1) is 10.7. The molecule has 0 radical (unpaired) electrons. The van der Waals surface area contributed by atoms with E-state index in [1.807, 2.05) is 18.3 Å². The zero-order valence-electron chi connectivity index (χ0n) is 13.6. The molecule has 0 aliphatic carbocycles. The minimum absolute atomic E-state index is 0.0659. The summed E-state index contributed by atoms with van der Waals surface area (Å²) in [6, 6.07) is 8.41. The molecule has 0 spiro atoms. The van der Waals surface area contributed by atoms with Crippen LogP contribution < -0.4 is 10.6 Å². The Kier molecular flexibility index (Phi) is 6.31. The van der Waals surface area contributed by atoms with E-state index in [2.05, 4.69) is 41.6 Å². The highest BCUT2D eigenvalue weighted by Crippen LogP contribution is 2.17. The van der Waals surface area contributed by atoms with Gasteiger partial charge in [-0.1, -0.05) is 44.4 Å². The number of nitrogens with one attached hydrogen (secondary N) is 3. The van der Waals surface area contributed by atoms with Crippen molar-refractivity contribution in [1.29, 1.82) is 0 Å². The average molecular weight is 301 g/mol. The third kappa shape index (κ3) is 4.79. The van der Waals surface area contributed by atoms with Crippen molar-refractivity contribution < 1.29 is 4.79 Å². The van der Waals surface area contributed by atoms with E-state index < -0.39 is 0 Å². The topological polar surface area (TPSA) is 56.9 Å². The monoisotopic (exact) mass is 301 g/mol. The first kappa shape index (κ1) is 16.4. The van der Waals surface area contributed by atoms with Gasteiger partial charge >= 0.3 is 6.03 Å². The summed E-state index contributed by atoms with van der Waals surface area (Å²) in [5, 5.41) is 7.18. The van der Waals surface area contributed by atoms with Crippen LogP contribution >= 0.6 is 0 Å². The number of hydrogen-bond acceptors (Lipinski definition) is 1. The Morgan fingerprint density at radius 3 is 2.91 bits per heavy atom. The molecular formula is C18H27N3O. The second kappa shape index (κ2) is 8.47. The van der Waals surface area contributed by atoms with Gasteiger partial charge in [0.15, 0.2) is 0 Å². The molecule has 2 rings (SSSR count). The minimum atomic E-state index is -0.0659. The number of aromatic nitrogens is 1. The summed E-state index contributed by atoms with van der Waals surface area (Å²) in [5.41, 5.74) is 2.39. The van der Waals surface area contributed by atoms with E-state index >= 15 is 0 Å². The average Bonchev–Trinajstić information content (AvgIpc) is 2.91. The number of carbonyl (C=O) groups excluding carboxylic acids is 1. The Morgan fingerprint density at radius 2 is 2.09 bits per heavy atom. The normalized spacial score (nSPS) is 12.3. The van der Waals surface area contributed by atoms with Gasteiger partial charge in [-0.15, -0.1) is 0 Å². The lowest BCUT2D eigenvalue weighted by Crippen LogP contribution is -2.41. The van der Waals surface area contributed by atoms with Gasteiger partial charge in [0.1, 0.15) is 0 Å². The molecule has 0 bridgehead atoms. The lowest BCUT2D eigenvalue weighted by molar-refractivity contribution is 0.237. The van der Waals surface area contributed by atoms with E-state index in [4.69, 9.17) is 0 Å². The Balaban J connectivity index is 1.70. The van der Waals surface area contributed by atoms with Crippen molar-refractivity contribution in [3.05, 3.63) is 36.0 Å². The van der Waals surface area contributed by atoms with Crippen molar-refractivity contribution in [2.45, 2.75) is 52.0 Å². The molecule has 1 heterocycles. The molecule has 1 atom stereocenters. The molecule has 3 N–H and O–H groups in total. The summed E-state index contributed by atoms with van der Waals surface area (Å²) in [5.74, 6) is 0. The van der Waals surface area contributed by atoms with Crippen LogP contribution in [0.25, 0.3) is 10.9 Å². The molecule has 1 aromatic heterocycles. The number of para-hydroxylation sites is 1. The lowest BCUT2D eigenvalue weighted by atomic mass is 10.1. The quantitative estimate of drug-likeness (QED) is 0.635. The number of hydrogen-bond donors (Lipinski definition) is 3. The molecule has 0 aliphatic rings. The molecule has 4 nitrogen and oxygen atoms in total. The highest BCUT2D eigenvalue weighted by Gasteiger charge is 2.07. The van der Waals surface area contributed by atoms with E-state index in [-0.39, 0.29) is 12.1 Å². The number of H-pyrrole nitrogens is 1. The van der Waals surface area contributed by atoms with Crippen LogP contribution in [0.15, 0.2) is 30.5 Å². The van der Waals surface area contributed by atoms with Crippen LogP contribution in [0.2, 0.25) is 0 Å². The molecular weight excluding hydrogens is 274 g/mol. The number of rotatable bonds is 8. The molecule has 0 saturated heterocycles. The van der Waals surface area contributed by atoms with Crippen molar-refractivity contribution in [2.24, 2.45) is 0 Å². The Hall–Kier alpha value is -1.97. The Labute approximate surface area is 132 Å². The lowest BCUT2D eigenvalue weighted by Gasteiger charge is -2.14. The maximum absolute atomic E-state index is 11.8. The number of fused-ring (bicyclic) bond motifs is 1. The van der Waals surface area contributed by atoms with Gasteiger partial charge in [0.05, 0.1) is 0 Å². The molecule has 120 valence electrons. The fourth-order valence-electron chi connectivity index (χ4n) is 2.70. The van der Waals surface area contributed by atoms with Crippen LogP contribution in [0.4, 0.5) is 4.79 Å². The highest BCUT2D eigenvalue weighted by molar-refractivity contribution is 5.83. The second-order valence-corrected chi connectivity index (χ2v) is 5.91. The van der Waals surface area contributed by atoms with Crippen LogP contribution in [0.5, 0.6) is 0 Å². The summed E-state index contributed by atoms with van der Waals surface area (Å²) in [6.45, 7) is 4.90. The molecule has 2 amide bonds. The maximum Gasteiger partial charge on any atom is 0.315 e. The first-order valence-corrected chi connectivity index (χ1v) is 8.30. The van der Waals surface area contributed by atoms with Crippen LogP contribution in [0.1, 0.15) is 45.1 Å². The van der Waals surface area contributed by atoms with Crippen molar-refractivity contribution in [1.82, 2.24) is 15.6 Å². The summed E-state index contributed by atoms with van der Waals surface area (Å²) in [4.78, 5) is 15.1. The molecule has 0 saturated carbocycles. The zero-order valence-corrected chi connectivity index (χ0v) is 13.6. The molecule has 2 aromatic rings. The van der Waals surface area contributed by atoms with Gasteiger partial charge in [0.2, 0.25) is 0 Å². The van der Waals surface area contributed by atoms with Gasteiger partial charge < -0.3 is 15.6 Å². The van der Waals surface area contributed by atoms with Gasteiger partial charge in [-0.2, -0.15) is 0 Å². The van der Waals surface area contributed by atoms with Crippen molar-refractivity contribution in [3.63, 3.8) is 0 Å².